The fourth-order valence-electron chi connectivity index (χ4n) is 1.18. The van der Waals surface area contributed by atoms with Gasteiger partial charge in [0, 0.05) is 6.42 Å². The van der Waals surface area contributed by atoms with Gasteiger partial charge in [-0.3, -0.25) is 4.79 Å². The molecule has 0 aliphatic rings. The fourth-order valence-corrected chi connectivity index (χ4v) is 1.18. The molecule has 76 valence electrons. The first-order chi connectivity index (χ1) is 6.63. The van der Waals surface area contributed by atoms with E-state index in [1.165, 1.54) is 18.6 Å². The van der Waals surface area contributed by atoms with Gasteiger partial charge in [0.25, 0.3) is 0 Å². The van der Waals surface area contributed by atoms with Gasteiger partial charge in [0.05, 0.1) is 12.1 Å². The summed E-state index contributed by atoms with van der Waals surface area (Å²) in [5.74, 6) is -1.32. The van der Waals surface area contributed by atoms with Crippen molar-refractivity contribution in [3.8, 4) is 0 Å². The van der Waals surface area contributed by atoms with E-state index in [0.717, 1.165) is 0 Å². The third-order valence-corrected chi connectivity index (χ3v) is 2.03. The summed E-state index contributed by atoms with van der Waals surface area (Å²) in [6.07, 6.45) is 4.77. The van der Waals surface area contributed by atoms with E-state index in [-0.39, 0.29) is 0 Å². The van der Waals surface area contributed by atoms with E-state index >= 15 is 0 Å². The lowest BCUT2D eigenvalue weighted by atomic mass is 10.0. The first kappa shape index (κ1) is 10.4. The predicted molar refractivity (Wildman–Crippen MR) is 48.3 cm³/mol. The van der Waals surface area contributed by atoms with Crippen molar-refractivity contribution >= 4 is 5.97 Å². The molecule has 1 heterocycles. The van der Waals surface area contributed by atoms with E-state index in [1.807, 2.05) is 0 Å². The van der Waals surface area contributed by atoms with Crippen molar-refractivity contribution < 1.29 is 14.6 Å². The molecule has 1 atom stereocenters. The monoisotopic (exact) mass is 196 g/mol. The second kappa shape index (κ2) is 4.55. The average Bonchev–Trinajstić information content (AvgIpc) is 2.14. The molecule has 0 fully saturated rings. The van der Waals surface area contributed by atoms with Crippen molar-refractivity contribution in [2.75, 3.05) is 0 Å². The van der Waals surface area contributed by atoms with Gasteiger partial charge in [-0.1, -0.05) is 6.92 Å². The molecule has 1 aromatic heterocycles. The summed E-state index contributed by atoms with van der Waals surface area (Å²) in [7, 11) is 0. The minimum atomic E-state index is -0.851. The molecule has 0 amide bonds. The Bertz CT molecular complexity index is 328. The van der Waals surface area contributed by atoms with Gasteiger partial charge in [-0.2, -0.15) is 4.73 Å². The van der Waals surface area contributed by atoms with Gasteiger partial charge in [0.2, 0.25) is 6.20 Å². The Hall–Kier alpha value is -1.65. The highest BCUT2D eigenvalue weighted by molar-refractivity contribution is 5.70. The Balaban J connectivity index is 2.72. The zero-order chi connectivity index (χ0) is 10.6. The Labute approximate surface area is 81.6 Å². The van der Waals surface area contributed by atoms with Crippen LogP contribution in [0.4, 0.5) is 0 Å². The third kappa shape index (κ3) is 2.69. The largest absolute Gasteiger partial charge is 0.619 e. The number of rotatable bonds is 4. The SMILES string of the molecule is CCC(Cc1c[n+]([O-])ccn1)C(=O)O. The highest BCUT2D eigenvalue weighted by atomic mass is 16.5. The molecule has 0 bridgehead atoms. The summed E-state index contributed by atoms with van der Waals surface area (Å²) in [6.45, 7) is 1.80. The Kier molecular flexibility index (Phi) is 3.39. The van der Waals surface area contributed by atoms with Crippen LogP contribution < -0.4 is 4.73 Å². The molecule has 0 aliphatic heterocycles. The molecule has 1 N–H and O–H groups in total. The predicted octanol–water partition coefficient (Wildman–Crippen LogP) is 0.368. The molecule has 0 spiro atoms. The average molecular weight is 196 g/mol. The van der Waals surface area contributed by atoms with Crippen LogP contribution in [0.2, 0.25) is 0 Å². The van der Waals surface area contributed by atoms with Crippen LogP contribution >= 0.6 is 0 Å². The summed E-state index contributed by atoms with van der Waals surface area (Å²) in [5.41, 5.74) is 0.511. The highest BCUT2D eigenvalue weighted by Crippen LogP contribution is 2.08. The molecule has 0 radical (unpaired) electrons. The Morgan fingerprint density at radius 3 is 3.00 bits per heavy atom. The summed E-state index contributed by atoms with van der Waals surface area (Å²) >= 11 is 0. The van der Waals surface area contributed by atoms with Gasteiger partial charge >= 0.3 is 5.97 Å². The lowest BCUT2D eigenvalue weighted by Crippen LogP contribution is -2.27. The van der Waals surface area contributed by atoms with Crippen molar-refractivity contribution in [1.82, 2.24) is 4.98 Å². The van der Waals surface area contributed by atoms with Gasteiger partial charge in [-0.05, 0) is 6.42 Å². The Morgan fingerprint density at radius 1 is 1.79 bits per heavy atom. The van der Waals surface area contributed by atoms with Gasteiger partial charge in [-0.25, -0.2) is 4.98 Å². The molecule has 0 saturated carbocycles. The lowest BCUT2D eigenvalue weighted by Gasteiger charge is -2.07. The maximum Gasteiger partial charge on any atom is 0.306 e. The minimum absolute atomic E-state index is 0.301. The van der Waals surface area contributed by atoms with Crippen LogP contribution in [0.5, 0.6) is 0 Å². The molecular weight excluding hydrogens is 184 g/mol. The molecule has 5 heteroatoms. The third-order valence-electron chi connectivity index (χ3n) is 2.03. The number of hydrogen-bond donors (Lipinski definition) is 1. The summed E-state index contributed by atoms with van der Waals surface area (Å²) in [4.78, 5) is 14.6. The van der Waals surface area contributed by atoms with Crippen LogP contribution in [-0.2, 0) is 11.2 Å². The number of carbonyl (C=O) groups is 1. The van der Waals surface area contributed by atoms with Crippen LogP contribution in [0, 0.1) is 11.1 Å². The van der Waals surface area contributed by atoms with Crippen molar-refractivity contribution in [2.45, 2.75) is 19.8 Å². The quantitative estimate of drug-likeness (QED) is 0.557. The second-order valence-corrected chi connectivity index (χ2v) is 3.06. The topological polar surface area (TPSA) is 77.1 Å². The van der Waals surface area contributed by atoms with E-state index in [1.54, 1.807) is 6.92 Å². The summed E-state index contributed by atoms with van der Waals surface area (Å²) in [5, 5.41) is 19.7. The van der Waals surface area contributed by atoms with Crippen molar-refractivity contribution in [1.29, 1.82) is 0 Å². The normalized spacial score (nSPS) is 12.4. The van der Waals surface area contributed by atoms with E-state index in [4.69, 9.17) is 5.11 Å². The van der Waals surface area contributed by atoms with Crippen molar-refractivity contribution in [2.24, 2.45) is 5.92 Å². The zero-order valence-electron chi connectivity index (χ0n) is 7.88. The lowest BCUT2D eigenvalue weighted by molar-refractivity contribution is -0.606. The molecule has 1 aromatic rings. The number of aromatic nitrogens is 2. The first-order valence-corrected chi connectivity index (χ1v) is 4.40. The van der Waals surface area contributed by atoms with E-state index in [9.17, 15) is 10.0 Å². The smallest absolute Gasteiger partial charge is 0.306 e. The van der Waals surface area contributed by atoms with Crippen LogP contribution in [-0.4, -0.2) is 16.1 Å². The molecule has 0 aromatic carbocycles. The molecule has 0 aliphatic carbocycles. The Morgan fingerprint density at radius 2 is 2.50 bits per heavy atom. The molecule has 1 rings (SSSR count). The number of carboxylic acids is 1. The maximum absolute atomic E-state index is 10.9. The summed E-state index contributed by atoms with van der Waals surface area (Å²) in [6, 6.07) is 0. The molecule has 5 nitrogen and oxygen atoms in total. The maximum atomic E-state index is 10.9. The standard InChI is InChI=1S/C9H12N2O3/c1-2-7(9(12)13)5-8-6-11(14)4-3-10-8/h3-4,6-7H,2,5H2,1H3,(H,12,13). The zero-order valence-corrected chi connectivity index (χ0v) is 7.88. The van der Waals surface area contributed by atoms with Crippen LogP contribution in [0.3, 0.4) is 0 Å². The first-order valence-electron chi connectivity index (χ1n) is 4.40. The molecule has 14 heavy (non-hydrogen) atoms. The number of aliphatic carboxylic acids is 1. The number of carboxylic acid groups (broad SMARTS) is 1. The molecule has 1 unspecified atom stereocenters. The second-order valence-electron chi connectivity index (χ2n) is 3.06. The van der Waals surface area contributed by atoms with Crippen molar-refractivity contribution in [3.63, 3.8) is 0 Å². The van der Waals surface area contributed by atoms with Crippen molar-refractivity contribution in [3.05, 3.63) is 29.5 Å². The van der Waals surface area contributed by atoms with Crippen LogP contribution in [0.15, 0.2) is 18.6 Å². The fraction of sp³-hybridized carbons (Fsp3) is 0.444. The van der Waals surface area contributed by atoms with Crippen LogP contribution in [0.1, 0.15) is 19.0 Å². The highest BCUT2D eigenvalue weighted by Gasteiger charge is 2.17. The van der Waals surface area contributed by atoms with Gasteiger partial charge < -0.3 is 10.3 Å². The van der Waals surface area contributed by atoms with Crippen LogP contribution in [0.25, 0.3) is 0 Å². The molecule has 0 saturated heterocycles. The minimum Gasteiger partial charge on any atom is -0.619 e. The van der Waals surface area contributed by atoms with E-state index in [0.29, 0.717) is 23.3 Å². The van der Waals surface area contributed by atoms with E-state index < -0.39 is 11.9 Å². The van der Waals surface area contributed by atoms with Gasteiger partial charge in [-0.15, -0.1) is 0 Å². The molecular formula is C9H12N2O3. The number of nitrogens with zero attached hydrogens (tertiary/aromatic N) is 2. The summed E-state index contributed by atoms with van der Waals surface area (Å²) < 4.78 is 0.622. The number of hydrogen-bond acceptors (Lipinski definition) is 3. The van der Waals surface area contributed by atoms with E-state index in [2.05, 4.69) is 4.98 Å². The van der Waals surface area contributed by atoms with Gasteiger partial charge in [0.15, 0.2) is 6.20 Å². The van der Waals surface area contributed by atoms with Gasteiger partial charge in [0.1, 0.15) is 5.69 Å².